The van der Waals surface area contributed by atoms with Gasteiger partial charge in [0.05, 0.1) is 27.6 Å². The van der Waals surface area contributed by atoms with E-state index in [2.05, 4.69) is 143 Å². The summed E-state index contributed by atoms with van der Waals surface area (Å²) in [5, 5.41) is 8.68. The number of aromatic nitrogens is 3. The zero-order valence-electron chi connectivity index (χ0n) is 23.0. The molecule has 3 nitrogen and oxygen atoms in total. The third-order valence-electron chi connectivity index (χ3n) is 8.92. The molecule has 0 N–H and O–H groups in total. The Morgan fingerprint density at radius 1 is 0.442 bits per heavy atom. The fraction of sp³-hybridized carbons (Fsp3) is 0. The van der Waals surface area contributed by atoms with E-state index < -0.39 is 0 Å². The molecule has 4 heteroatoms. The van der Waals surface area contributed by atoms with E-state index in [4.69, 9.17) is 4.98 Å². The van der Waals surface area contributed by atoms with Gasteiger partial charge in [0.2, 0.25) is 0 Å². The summed E-state index contributed by atoms with van der Waals surface area (Å²) < 4.78 is 7.54. The van der Waals surface area contributed by atoms with Gasteiger partial charge in [0.1, 0.15) is 0 Å². The smallest absolute Gasteiger partial charge is 0.0811 e. The van der Waals surface area contributed by atoms with Crippen LogP contribution in [0.25, 0.3) is 86.1 Å². The van der Waals surface area contributed by atoms with Gasteiger partial charge in [-0.05, 0) is 48.5 Å². The second-order valence-corrected chi connectivity index (χ2v) is 12.2. The van der Waals surface area contributed by atoms with Crippen molar-refractivity contribution in [1.29, 1.82) is 0 Å². The molecule has 0 aliphatic carbocycles. The summed E-state index contributed by atoms with van der Waals surface area (Å²) in [6.07, 6.45) is 1.93. The average molecular weight is 566 g/mol. The number of benzene rings is 6. The van der Waals surface area contributed by atoms with Crippen molar-refractivity contribution in [2.24, 2.45) is 0 Å². The van der Waals surface area contributed by atoms with Crippen LogP contribution in [0.3, 0.4) is 0 Å². The van der Waals surface area contributed by atoms with E-state index in [1.54, 1.807) is 0 Å². The molecule has 4 heterocycles. The van der Waals surface area contributed by atoms with Crippen LogP contribution in [0.15, 0.2) is 140 Å². The van der Waals surface area contributed by atoms with Crippen LogP contribution in [0.1, 0.15) is 0 Å². The quantitative estimate of drug-likeness (QED) is 0.204. The number of pyridine rings is 1. The van der Waals surface area contributed by atoms with Crippen molar-refractivity contribution < 1.29 is 0 Å². The number of thiophene rings is 1. The van der Waals surface area contributed by atoms with Crippen molar-refractivity contribution >= 4 is 86.0 Å². The SMILES string of the molecule is c1ccc(-n2c3ccccc3c3c4ncccc4c4c5ccccc5n(-c5ccc6c(c5)sc5ccccc56)c4c32)cc1. The molecule has 0 spiro atoms. The largest absolute Gasteiger partial charge is 0.307 e. The highest BCUT2D eigenvalue weighted by molar-refractivity contribution is 7.25. The summed E-state index contributed by atoms with van der Waals surface area (Å²) >= 11 is 1.87. The molecule has 0 aliphatic rings. The molecular weight excluding hydrogens is 543 g/mol. The normalized spacial score (nSPS) is 12.2. The van der Waals surface area contributed by atoms with Crippen LogP contribution >= 0.6 is 11.3 Å². The van der Waals surface area contributed by atoms with Gasteiger partial charge in [0.25, 0.3) is 0 Å². The summed E-state index contributed by atoms with van der Waals surface area (Å²) in [4.78, 5) is 5.05. The Labute approximate surface area is 250 Å². The molecule has 0 aliphatic heterocycles. The zero-order valence-corrected chi connectivity index (χ0v) is 23.8. The Hall–Kier alpha value is -5.45. The van der Waals surface area contributed by atoms with Gasteiger partial charge in [-0.25, -0.2) is 0 Å². The first-order chi connectivity index (χ1) is 21.4. The first-order valence-corrected chi connectivity index (χ1v) is 15.4. The number of hydrogen-bond donors (Lipinski definition) is 0. The number of rotatable bonds is 2. The van der Waals surface area contributed by atoms with Gasteiger partial charge in [-0.2, -0.15) is 0 Å². The molecule has 0 radical (unpaired) electrons. The predicted octanol–water partition coefficient (Wildman–Crippen LogP) is 10.8. The molecule has 0 unspecified atom stereocenters. The number of para-hydroxylation sites is 3. The standard InChI is InChI=1S/C39H23N3S/c1-2-11-24(12-3-1)41-32-18-8-5-15-29(32)36-37-30(16-10-22-40-37)35-28-14-4-7-17-31(28)42(38(35)39(36)41)25-20-21-27-26-13-6-9-19-33(26)43-34(27)23-25/h1-23H. The molecule has 0 bridgehead atoms. The van der Waals surface area contributed by atoms with E-state index in [0.29, 0.717) is 0 Å². The molecule has 10 rings (SSSR count). The summed E-state index contributed by atoms with van der Waals surface area (Å²) in [6, 6.07) is 48.3. The molecule has 0 atom stereocenters. The van der Waals surface area contributed by atoms with Gasteiger partial charge >= 0.3 is 0 Å². The maximum absolute atomic E-state index is 5.05. The predicted molar refractivity (Wildman–Crippen MR) is 183 cm³/mol. The van der Waals surface area contributed by atoms with E-state index in [0.717, 1.165) is 11.2 Å². The molecule has 4 aromatic heterocycles. The monoisotopic (exact) mass is 565 g/mol. The van der Waals surface area contributed by atoms with Gasteiger partial charge in [0.15, 0.2) is 0 Å². The zero-order chi connectivity index (χ0) is 28.1. The molecule has 0 saturated heterocycles. The molecule has 0 amide bonds. The van der Waals surface area contributed by atoms with E-state index in [1.165, 1.54) is 74.9 Å². The summed E-state index contributed by atoms with van der Waals surface area (Å²) in [7, 11) is 0. The number of fused-ring (bicyclic) bond motifs is 13. The highest BCUT2D eigenvalue weighted by Crippen LogP contribution is 2.46. The average Bonchev–Trinajstić information content (AvgIpc) is 3.73. The van der Waals surface area contributed by atoms with Gasteiger partial charge in [-0.1, -0.05) is 84.9 Å². The first kappa shape index (κ1) is 23.1. The van der Waals surface area contributed by atoms with E-state index in [9.17, 15) is 0 Å². The lowest BCUT2D eigenvalue weighted by Crippen LogP contribution is -1.99. The van der Waals surface area contributed by atoms with Crippen LogP contribution in [-0.4, -0.2) is 14.1 Å². The Kier molecular flexibility index (Phi) is 4.60. The van der Waals surface area contributed by atoms with Crippen molar-refractivity contribution in [3.05, 3.63) is 140 Å². The van der Waals surface area contributed by atoms with Crippen LogP contribution in [0, 0.1) is 0 Å². The van der Waals surface area contributed by atoms with Crippen molar-refractivity contribution in [3.63, 3.8) is 0 Å². The second kappa shape index (κ2) is 8.54. The minimum absolute atomic E-state index is 1.04. The Balaban J connectivity index is 1.49. The van der Waals surface area contributed by atoms with Crippen molar-refractivity contribution in [2.45, 2.75) is 0 Å². The Morgan fingerprint density at radius 2 is 1.05 bits per heavy atom. The third kappa shape index (κ3) is 3.05. The second-order valence-electron chi connectivity index (χ2n) is 11.2. The van der Waals surface area contributed by atoms with Crippen LogP contribution in [0.4, 0.5) is 0 Å². The van der Waals surface area contributed by atoms with Crippen LogP contribution in [0.5, 0.6) is 0 Å². The molecule has 10 aromatic rings. The van der Waals surface area contributed by atoms with Gasteiger partial charge < -0.3 is 9.13 Å². The molecule has 6 aromatic carbocycles. The molecular formula is C39H23N3S. The van der Waals surface area contributed by atoms with E-state index in [-0.39, 0.29) is 0 Å². The van der Waals surface area contributed by atoms with Crippen molar-refractivity contribution in [3.8, 4) is 11.4 Å². The summed E-state index contributed by atoms with van der Waals surface area (Å²) in [5.41, 5.74) is 8.11. The first-order valence-electron chi connectivity index (χ1n) is 14.6. The maximum Gasteiger partial charge on any atom is 0.0811 e. The summed E-state index contributed by atoms with van der Waals surface area (Å²) in [6.45, 7) is 0. The summed E-state index contributed by atoms with van der Waals surface area (Å²) in [5.74, 6) is 0. The van der Waals surface area contributed by atoms with Crippen LogP contribution in [-0.2, 0) is 0 Å². The van der Waals surface area contributed by atoms with E-state index >= 15 is 0 Å². The van der Waals surface area contributed by atoms with Gasteiger partial charge in [0, 0.05) is 64.7 Å². The fourth-order valence-electron chi connectivity index (χ4n) is 7.21. The van der Waals surface area contributed by atoms with Gasteiger partial charge in [-0.3, -0.25) is 4.98 Å². The fourth-order valence-corrected chi connectivity index (χ4v) is 8.35. The minimum atomic E-state index is 1.04. The molecule has 0 fully saturated rings. The maximum atomic E-state index is 5.05. The number of hydrogen-bond acceptors (Lipinski definition) is 2. The molecule has 200 valence electrons. The van der Waals surface area contributed by atoms with Crippen molar-refractivity contribution in [2.75, 3.05) is 0 Å². The van der Waals surface area contributed by atoms with Crippen molar-refractivity contribution in [1.82, 2.24) is 14.1 Å². The Morgan fingerprint density at radius 3 is 1.86 bits per heavy atom. The topological polar surface area (TPSA) is 22.8 Å². The highest BCUT2D eigenvalue weighted by Gasteiger charge is 2.25. The number of nitrogens with zero attached hydrogens (tertiary/aromatic N) is 3. The van der Waals surface area contributed by atoms with Crippen LogP contribution < -0.4 is 0 Å². The van der Waals surface area contributed by atoms with Gasteiger partial charge in [-0.15, -0.1) is 11.3 Å². The molecule has 43 heavy (non-hydrogen) atoms. The highest BCUT2D eigenvalue weighted by atomic mass is 32.1. The van der Waals surface area contributed by atoms with E-state index in [1.807, 2.05) is 17.5 Å². The lowest BCUT2D eigenvalue weighted by molar-refractivity contribution is 1.15. The molecule has 0 saturated carbocycles. The Bertz CT molecular complexity index is 2730. The minimum Gasteiger partial charge on any atom is -0.307 e. The lowest BCUT2D eigenvalue weighted by Gasteiger charge is -2.13. The van der Waals surface area contributed by atoms with Crippen LogP contribution in [0.2, 0.25) is 0 Å². The third-order valence-corrected chi connectivity index (χ3v) is 10.1. The lowest BCUT2D eigenvalue weighted by atomic mass is 10.0.